The fraction of sp³-hybridized carbons (Fsp3) is 0.440. The van der Waals surface area contributed by atoms with Gasteiger partial charge in [-0.3, -0.25) is 13.9 Å². The molecule has 0 heterocycles. The number of hydrogen-bond donors (Lipinski definition) is 1. The summed E-state index contributed by atoms with van der Waals surface area (Å²) < 4.78 is 31.7. The summed E-state index contributed by atoms with van der Waals surface area (Å²) in [7, 11) is -2.45. The number of carbonyl (C=O) groups is 2. The van der Waals surface area contributed by atoms with Gasteiger partial charge in [0.2, 0.25) is 21.8 Å². The molecule has 2 atom stereocenters. The third kappa shape index (κ3) is 8.40. The van der Waals surface area contributed by atoms with Crippen LogP contribution in [0, 0.1) is 0 Å². The van der Waals surface area contributed by atoms with Crippen LogP contribution < -0.4 is 14.4 Å². The van der Waals surface area contributed by atoms with Crippen LogP contribution in [-0.2, 0) is 26.2 Å². The molecule has 2 amide bonds. The van der Waals surface area contributed by atoms with Crippen LogP contribution in [0.25, 0.3) is 0 Å². The molecule has 0 fully saturated rings. The number of hydrogen-bond acceptors (Lipinski definition) is 5. The molecule has 204 valence electrons. The average Bonchev–Trinajstić information content (AvgIpc) is 2.84. The van der Waals surface area contributed by atoms with Gasteiger partial charge in [-0.05, 0) is 49.6 Å². The van der Waals surface area contributed by atoms with Crippen molar-refractivity contribution in [3.05, 3.63) is 57.0 Å². The average molecular weight is 593 g/mol. The number of methoxy groups -OCH3 is 1. The number of carbonyl (C=O) groups excluding carboxylic acids is 2. The molecule has 8 nitrogen and oxygen atoms in total. The fourth-order valence-corrected chi connectivity index (χ4v) is 5.17. The highest BCUT2D eigenvalue weighted by Crippen LogP contribution is 2.35. The predicted octanol–water partition coefficient (Wildman–Crippen LogP) is 5.14. The molecule has 37 heavy (non-hydrogen) atoms. The van der Waals surface area contributed by atoms with Crippen LogP contribution in [0.2, 0.25) is 15.1 Å². The molecule has 0 bridgehead atoms. The number of sulfonamides is 1. The Hall–Kier alpha value is -2.20. The normalized spacial score (nSPS) is 13.0. The van der Waals surface area contributed by atoms with E-state index in [1.54, 1.807) is 31.2 Å². The van der Waals surface area contributed by atoms with Crippen molar-refractivity contribution < 1.29 is 22.7 Å². The third-order valence-electron chi connectivity index (χ3n) is 5.81. The molecule has 2 rings (SSSR count). The van der Waals surface area contributed by atoms with Crippen LogP contribution in [0.1, 0.15) is 39.2 Å². The first-order valence-corrected chi connectivity index (χ1v) is 14.7. The summed E-state index contributed by atoms with van der Waals surface area (Å²) >= 11 is 18.4. The minimum absolute atomic E-state index is 0.00496. The molecular weight excluding hydrogens is 561 g/mol. The number of ether oxygens (including phenoxy) is 1. The van der Waals surface area contributed by atoms with Gasteiger partial charge in [-0.15, -0.1) is 0 Å². The standard InChI is InChI=1S/C25H32Cl3N3O5S/c1-6-16(3)29-25(33)22(7-2)30(14-17-9-8-10-18(11-17)36-4)24(32)15-31(37(5,34)35)23-13-20(27)19(26)12-21(23)28/h8-13,16,22H,6-7,14-15H2,1-5H3,(H,29,33)/t16-,22+/m0/s1. The van der Waals surface area contributed by atoms with E-state index in [0.717, 1.165) is 10.6 Å². The molecule has 0 saturated carbocycles. The second-order valence-corrected chi connectivity index (χ2v) is 11.7. The minimum Gasteiger partial charge on any atom is -0.497 e. The van der Waals surface area contributed by atoms with Crippen LogP contribution in [0.5, 0.6) is 5.75 Å². The number of anilines is 1. The highest BCUT2D eigenvalue weighted by molar-refractivity contribution is 7.92. The number of nitrogens with one attached hydrogen (secondary N) is 1. The monoisotopic (exact) mass is 591 g/mol. The number of halogens is 3. The maximum Gasteiger partial charge on any atom is 0.244 e. The van der Waals surface area contributed by atoms with Crippen LogP contribution in [0.3, 0.4) is 0 Å². The minimum atomic E-state index is -3.98. The van der Waals surface area contributed by atoms with E-state index in [1.165, 1.54) is 24.1 Å². The zero-order valence-corrected chi connectivity index (χ0v) is 24.5. The van der Waals surface area contributed by atoms with E-state index < -0.39 is 28.5 Å². The van der Waals surface area contributed by atoms with Gasteiger partial charge < -0.3 is 15.0 Å². The highest BCUT2D eigenvalue weighted by Gasteiger charge is 2.33. The summed E-state index contributed by atoms with van der Waals surface area (Å²) in [6, 6.07) is 8.74. The zero-order valence-electron chi connectivity index (χ0n) is 21.4. The van der Waals surface area contributed by atoms with Crippen molar-refractivity contribution >= 4 is 62.3 Å². The molecule has 0 unspecified atom stereocenters. The summed E-state index contributed by atoms with van der Waals surface area (Å²) in [6.45, 7) is 5.05. The second kappa shape index (κ2) is 13.6. The van der Waals surface area contributed by atoms with Crippen molar-refractivity contribution in [2.75, 3.05) is 24.2 Å². The summed E-state index contributed by atoms with van der Waals surface area (Å²) in [6.07, 6.45) is 1.98. The van der Waals surface area contributed by atoms with Gasteiger partial charge in [0.05, 0.1) is 34.1 Å². The summed E-state index contributed by atoms with van der Waals surface area (Å²) in [4.78, 5) is 28.3. The Morgan fingerprint density at radius 3 is 2.24 bits per heavy atom. The Labute approximate surface area is 233 Å². The van der Waals surface area contributed by atoms with Gasteiger partial charge >= 0.3 is 0 Å². The van der Waals surface area contributed by atoms with E-state index in [0.29, 0.717) is 24.2 Å². The number of benzene rings is 2. The first-order chi connectivity index (χ1) is 17.3. The maximum atomic E-state index is 13.8. The van der Waals surface area contributed by atoms with Gasteiger partial charge in [0, 0.05) is 12.6 Å². The third-order valence-corrected chi connectivity index (χ3v) is 7.96. The van der Waals surface area contributed by atoms with E-state index in [1.807, 2.05) is 13.8 Å². The summed E-state index contributed by atoms with van der Waals surface area (Å²) in [5.41, 5.74) is 0.714. The van der Waals surface area contributed by atoms with Gasteiger partial charge in [0.15, 0.2) is 0 Å². The number of amides is 2. The van der Waals surface area contributed by atoms with E-state index in [2.05, 4.69) is 5.32 Å². The molecule has 0 aliphatic heterocycles. The second-order valence-electron chi connectivity index (χ2n) is 8.60. The van der Waals surface area contributed by atoms with Crippen molar-refractivity contribution in [2.24, 2.45) is 0 Å². The van der Waals surface area contributed by atoms with Gasteiger partial charge in [-0.1, -0.05) is 60.8 Å². The lowest BCUT2D eigenvalue weighted by Crippen LogP contribution is -2.53. The molecule has 0 saturated heterocycles. The quantitative estimate of drug-likeness (QED) is 0.344. The lowest BCUT2D eigenvalue weighted by Gasteiger charge is -2.33. The van der Waals surface area contributed by atoms with Crippen molar-refractivity contribution in [2.45, 2.75) is 52.2 Å². The highest BCUT2D eigenvalue weighted by atomic mass is 35.5. The Morgan fingerprint density at radius 1 is 1.03 bits per heavy atom. The first-order valence-electron chi connectivity index (χ1n) is 11.7. The Kier molecular flexibility index (Phi) is 11.4. The number of nitrogens with zero attached hydrogens (tertiary/aromatic N) is 2. The molecule has 1 N–H and O–H groups in total. The smallest absolute Gasteiger partial charge is 0.244 e. The summed E-state index contributed by atoms with van der Waals surface area (Å²) in [5.74, 6) is -0.338. The van der Waals surface area contributed by atoms with Crippen LogP contribution in [0.4, 0.5) is 5.69 Å². The van der Waals surface area contributed by atoms with Gasteiger partial charge in [0.25, 0.3) is 0 Å². The molecule has 0 aliphatic rings. The molecule has 2 aromatic carbocycles. The van der Waals surface area contributed by atoms with Crippen molar-refractivity contribution in [3.63, 3.8) is 0 Å². The SMILES string of the molecule is CC[C@H](C(=O)N[C@@H](C)CC)N(Cc1cccc(OC)c1)C(=O)CN(c1cc(Cl)c(Cl)cc1Cl)S(C)(=O)=O. The predicted molar refractivity (Wildman–Crippen MR) is 149 cm³/mol. The maximum absolute atomic E-state index is 13.8. The molecule has 2 aromatic rings. The fourth-order valence-electron chi connectivity index (χ4n) is 3.63. The summed E-state index contributed by atoms with van der Waals surface area (Å²) in [5, 5.41) is 3.15. The van der Waals surface area contributed by atoms with Crippen molar-refractivity contribution in [3.8, 4) is 5.75 Å². The zero-order chi connectivity index (χ0) is 27.9. The molecule has 0 aliphatic carbocycles. The molecule has 12 heteroatoms. The van der Waals surface area contributed by atoms with Crippen molar-refractivity contribution in [1.29, 1.82) is 0 Å². The van der Waals surface area contributed by atoms with Gasteiger partial charge in [-0.2, -0.15) is 0 Å². The largest absolute Gasteiger partial charge is 0.497 e. The molecule has 0 radical (unpaired) electrons. The lowest BCUT2D eigenvalue weighted by atomic mass is 10.1. The van der Waals surface area contributed by atoms with E-state index in [9.17, 15) is 18.0 Å². The van der Waals surface area contributed by atoms with Gasteiger partial charge in [-0.25, -0.2) is 8.42 Å². The number of rotatable bonds is 12. The Morgan fingerprint density at radius 2 is 1.68 bits per heavy atom. The van der Waals surface area contributed by atoms with Gasteiger partial charge in [0.1, 0.15) is 18.3 Å². The van der Waals surface area contributed by atoms with E-state index in [-0.39, 0.29) is 39.2 Å². The van der Waals surface area contributed by atoms with Crippen LogP contribution in [0.15, 0.2) is 36.4 Å². The van der Waals surface area contributed by atoms with E-state index >= 15 is 0 Å². The topological polar surface area (TPSA) is 96.0 Å². The Bertz CT molecular complexity index is 1230. The molecule has 0 aromatic heterocycles. The van der Waals surface area contributed by atoms with Crippen molar-refractivity contribution in [1.82, 2.24) is 10.2 Å². The molecule has 0 spiro atoms. The van der Waals surface area contributed by atoms with Crippen LogP contribution in [-0.4, -0.2) is 57.1 Å². The first kappa shape index (κ1) is 31.0. The van der Waals surface area contributed by atoms with E-state index in [4.69, 9.17) is 39.5 Å². The molecular formula is C25H32Cl3N3O5S. The van der Waals surface area contributed by atoms with Crippen LogP contribution >= 0.6 is 34.8 Å². The lowest BCUT2D eigenvalue weighted by molar-refractivity contribution is -0.140. The Balaban J connectivity index is 2.52.